The largest absolute Gasteiger partial charge is 0.366 e. The second-order valence-corrected chi connectivity index (χ2v) is 1.61. The smallest absolute Gasteiger partial charge is 0.250 e. The first-order valence-corrected chi connectivity index (χ1v) is 5.04. The van der Waals surface area contributed by atoms with Crippen LogP contribution < -0.4 is 5.73 Å². The standard InChI is InChI=1S/C6H6N2O.CH3I/c7-6(9)5-2-1-3-8-4-5;1-2/h1-4H,(H2,7,9);1H3. The van der Waals surface area contributed by atoms with Crippen molar-refractivity contribution in [1.29, 1.82) is 0 Å². The minimum absolute atomic E-state index is 0.442. The number of primary amides is 1. The summed E-state index contributed by atoms with van der Waals surface area (Å²) < 4.78 is 0. The van der Waals surface area contributed by atoms with Crippen LogP contribution >= 0.6 is 22.6 Å². The van der Waals surface area contributed by atoms with E-state index in [4.69, 9.17) is 5.73 Å². The third-order valence-corrected chi connectivity index (χ3v) is 0.946. The number of pyridine rings is 1. The Morgan fingerprint density at radius 1 is 1.64 bits per heavy atom. The normalized spacial score (nSPS) is 7.82. The first-order valence-electron chi connectivity index (χ1n) is 2.88. The molecule has 0 unspecified atom stereocenters. The van der Waals surface area contributed by atoms with E-state index in [9.17, 15) is 4.79 Å². The topological polar surface area (TPSA) is 56.0 Å². The molecule has 4 heteroatoms. The number of hydrogen-bond donors (Lipinski definition) is 1. The molecule has 1 heterocycles. The number of alkyl halides is 1. The first-order chi connectivity index (χ1) is 5.30. The van der Waals surface area contributed by atoms with Crippen LogP contribution in [0.4, 0.5) is 0 Å². The predicted octanol–water partition coefficient (Wildman–Crippen LogP) is 1.23. The van der Waals surface area contributed by atoms with Gasteiger partial charge in [0.25, 0.3) is 0 Å². The Kier molecular flexibility index (Phi) is 5.73. The van der Waals surface area contributed by atoms with Crippen molar-refractivity contribution in [3.05, 3.63) is 30.1 Å². The third kappa shape index (κ3) is 3.92. The molecule has 1 rings (SSSR count). The molecular formula is C7H9IN2O. The number of nitrogens with zero attached hydrogens (tertiary/aromatic N) is 1. The van der Waals surface area contributed by atoms with Gasteiger partial charge in [0.05, 0.1) is 5.56 Å². The van der Waals surface area contributed by atoms with Gasteiger partial charge in [0, 0.05) is 12.4 Å². The van der Waals surface area contributed by atoms with Gasteiger partial charge in [-0.3, -0.25) is 9.78 Å². The van der Waals surface area contributed by atoms with Crippen LogP contribution in [0.5, 0.6) is 0 Å². The van der Waals surface area contributed by atoms with Crippen molar-refractivity contribution in [2.24, 2.45) is 5.73 Å². The lowest BCUT2D eigenvalue weighted by Crippen LogP contribution is -2.10. The average Bonchev–Trinajstić information content (AvgIpc) is 2.10. The van der Waals surface area contributed by atoms with E-state index in [1.807, 2.05) is 4.93 Å². The highest BCUT2D eigenvalue weighted by Crippen LogP contribution is 1.91. The van der Waals surface area contributed by atoms with Crippen molar-refractivity contribution in [2.45, 2.75) is 0 Å². The van der Waals surface area contributed by atoms with Gasteiger partial charge in [-0.1, -0.05) is 22.6 Å². The van der Waals surface area contributed by atoms with Crippen molar-refractivity contribution in [1.82, 2.24) is 4.98 Å². The van der Waals surface area contributed by atoms with E-state index in [1.165, 1.54) is 6.20 Å². The number of aromatic nitrogens is 1. The van der Waals surface area contributed by atoms with Crippen molar-refractivity contribution < 1.29 is 4.79 Å². The lowest BCUT2D eigenvalue weighted by molar-refractivity contribution is 0.1000. The number of carbonyl (C=O) groups is 1. The summed E-state index contributed by atoms with van der Waals surface area (Å²) in [5, 5.41) is 0. The van der Waals surface area contributed by atoms with E-state index < -0.39 is 5.91 Å². The number of halogens is 1. The highest BCUT2D eigenvalue weighted by Gasteiger charge is 1.94. The minimum Gasteiger partial charge on any atom is -0.366 e. The second kappa shape index (κ2) is 6.09. The molecule has 0 bridgehead atoms. The highest BCUT2D eigenvalue weighted by molar-refractivity contribution is 14.1. The van der Waals surface area contributed by atoms with Gasteiger partial charge in [-0.05, 0) is 17.1 Å². The summed E-state index contributed by atoms with van der Waals surface area (Å²) in [7, 11) is 0. The van der Waals surface area contributed by atoms with Crippen LogP contribution in [0.25, 0.3) is 0 Å². The zero-order valence-electron chi connectivity index (χ0n) is 6.12. The zero-order chi connectivity index (χ0) is 8.69. The predicted molar refractivity (Wildman–Crippen MR) is 52.7 cm³/mol. The molecule has 3 nitrogen and oxygen atoms in total. The molecule has 0 radical (unpaired) electrons. The van der Waals surface area contributed by atoms with Crippen LogP contribution in [0.1, 0.15) is 10.4 Å². The van der Waals surface area contributed by atoms with Crippen molar-refractivity contribution in [2.75, 3.05) is 4.93 Å². The maximum absolute atomic E-state index is 10.4. The first kappa shape index (κ1) is 10.3. The molecule has 0 saturated carbocycles. The van der Waals surface area contributed by atoms with E-state index >= 15 is 0 Å². The summed E-state index contributed by atoms with van der Waals surface area (Å²) in [4.78, 5) is 16.1. The Balaban J connectivity index is 0.000000461. The Morgan fingerprint density at radius 3 is 2.55 bits per heavy atom. The maximum atomic E-state index is 10.4. The van der Waals surface area contributed by atoms with Crippen molar-refractivity contribution in [3.8, 4) is 0 Å². The molecular weight excluding hydrogens is 255 g/mol. The summed E-state index contributed by atoms with van der Waals surface area (Å²) in [6, 6.07) is 3.29. The molecule has 60 valence electrons. The fourth-order valence-electron chi connectivity index (χ4n) is 0.509. The summed E-state index contributed by atoms with van der Waals surface area (Å²) in [6.45, 7) is 0. The molecule has 1 amide bonds. The number of amides is 1. The Morgan fingerprint density at radius 2 is 2.27 bits per heavy atom. The number of hydrogen-bond acceptors (Lipinski definition) is 2. The number of rotatable bonds is 1. The molecule has 0 aromatic carbocycles. The molecule has 0 saturated heterocycles. The van der Waals surface area contributed by atoms with E-state index in [-0.39, 0.29) is 0 Å². The monoisotopic (exact) mass is 264 g/mol. The van der Waals surface area contributed by atoms with Crippen LogP contribution in [0.3, 0.4) is 0 Å². The van der Waals surface area contributed by atoms with Crippen LogP contribution in [0.15, 0.2) is 24.5 Å². The second-order valence-electron chi connectivity index (χ2n) is 1.61. The van der Waals surface area contributed by atoms with Crippen molar-refractivity contribution >= 4 is 28.5 Å². The highest BCUT2D eigenvalue weighted by atomic mass is 127. The van der Waals surface area contributed by atoms with Crippen molar-refractivity contribution in [3.63, 3.8) is 0 Å². The molecule has 0 atom stereocenters. The molecule has 0 aliphatic heterocycles. The molecule has 0 fully saturated rings. The van der Waals surface area contributed by atoms with Crippen LogP contribution in [-0.2, 0) is 0 Å². The Hall–Kier alpha value is -0.650. The van der Waals surface area contributed by atoms with Gasteiger partial charge in [-0.25, -0.2) is 0 Å². The molecule has 0 aliphatic carbocycles. The van der Waals surface area contributed by atoms with Gasteiger partial charge in [0.15, 0.2) is 0 Å². The quantitative estimate of drug-likeness (QED) is 0.612. The third-order valence-electron chi connectivity index (χ3n) is 0.946. The molecule has 11 heavy (non-hydrogen) atoms. The lowest BCUT2D eigenvalue weighted by Gasteiger charge is -1.88. The van der Waals surface area contributed by atoms with Crippen LogP contribution in [0, 0.1) is 0 Å². The SMILES string of the molecule is CI.NC(=O)c1cccnc1. The molecule has 1 aromatic rings. The minimum atomic E-state index is -0.442. The van der Waals surface area contributed by atoms with E-state index in [0.717, 1.165) is 0 Å². The summed E-state index contributed by atoms with van der Waals surface area (Å²) >= 11 is 2.15. The lowest BCUT2D eigenvalue weighted by atomic mass is 10.3. The van der Waals surface area contributed by atoms with Gasteiger partial charge in [-0.2, -0.15) is 0 Å². The number of nitrogens with two attached hydrogens (primary N) is 1. The van der Waals surface area contributed by atoms with Gasteiger partial charge < -0.3 is 5.73 Å². The fourth-order valence-corrected chi connectivity index (χ4v) is 0.509. The molecule has 0 aliphatic rings. The average molecular weight is 264 g/mol. The fraction of sp³-hybridized carbons (Fsp3) is 0.143. The van der Waals surface area contributed by atoms with Gasteiger partial charge in [0.2, 0.25) is 5.91 Å². The van der Waals surface area contributed by atoms with E-state index in [2.05, 4.69) is 27.6 Å². The van der Waals surface area contributed by atoms with E-state index in [0.29, 0.717) is 5.56 Å². The summed E-state index contributed by atoms with van der Waals surface area (Å²) in [6.07, 6.45) is 3.02. The Bertz CT molecular complexity index is 213. The van der Waals surface area contributed by atoms with Crippen LogP contribution in [-0.4, -0.2) is 15.8 Å². The summed E-state index contributed by atoms with van der Waals surface area (Å²) in [5.41, 5.74) is 5.38. The van der Waals surface area contributed by atoms with E-state index in [1.54, 1.807) is 18.3 Å². The Labute approximate surface area is 79.2 Å². The van der Waals surface area contributed by atoms with Crippen LogP contribution in [0.2, 0.25) is 0 Å². The van der Waals surface area contributed by atoms with Gasteiger partial charge in [-0.15, -0.1) is 0 Å². The molecule has 2 N–H and O–H groups in total. The maximum Gasteiger partial charge on any atom is 0.250 e. The molecule has 1 aromatic heterocycles. The zero-order valence-corrected chi connectivity index (χ0v) is 8.28. The van der Waals surface area contributed by atoms with Gasteiger partial charge >= 0.3 is 0 Å². The van der Waals surface area contributed by atoms with Gasteiger partial charge in [0.1, 0.15) is 0 Å². The summed E-state index contributed by atoms with van der Waals surface area (Å²) in [5.74, 6) is -0.442. The number of carbonyl (C=O) groups excluding carboxylic acids is 1. The molecule has 0 spiro atoms.